The molecule has 4 nitrogen and oxygen atoms in total. The predicted molar refractivity (Wildman–Crippen MR) is 69.4 cm³/mol. The lowest BCUT2D eigenvalue weighted by molar-refractivity contribution is -0.138. The molecule has 0 amide bonds. The van der Waals surface area contributed by atoms with Gasteiger partial charge in [0, 0.05) is 19.3 Å². The van der Waals surface area contributed by atoms with Crippen LogP contribution in [0.2, 0.25) is 0 Å². The maximum absolute atomic E-state index is 10.6. The normalized spacial score (nSPS) is 12.2. The van der Waals surface area contributed by atoms with Crippen molar-refractivity contribution in [2.45, 2.75) is 26.3 Å². The number of nitrogens with two attached hydrogens (primary N) is 1. The molecule has 0 heterocycles. The summed E-state index contributed by atoms with van der Waals surface area (Å²) in [5, 5.41) is 8.71. The number of benzene rings is 1. The predicted octanol–water partition coefficient (Wildman–Crippen LogP) is 1.54. The summed E-state index contributed by atoms with van der Waals surface area (Å²) in [6.07, 6.45) is 0.443. The Bertz CT molecular complexity index is 384. The molecule has 0 fully saturated rings. The molecule has 1 rings (SSSR count). The van der Waals surface area contributed by atoms with Gasteiger partial charge in [0.15, 0.2) is 0 Å². The van der Waals surface area contributed by atoms with Gasteiger partial charge in [-0.15, -0.1) is 0 Å². The third kappa shape index (κ3) is 4.07. The fraction of sp³-hybridized carbons (Fsp3) is 0.462. The summed E-state index contributed by atoms with van der Waals surface area (Å²) in [6, 6.07) is 5.49. The second kappa shape index (κ2) is 5.68. The number of hydrogen-bond donors (Lipinski definition) is 2. The Morgan fingerprint density at radius 1 is 1.35 bits per heavy atom. The van der Waals surface area contributed by atoms with Gasteiger partial charge in [0.2, 0.25) is 0 Å². The van der Waals surface area contributed by atoms with Crippen molar-refractivity contribution in [2.24, 2.45) is 5.73 Å². The van der Waals surface area contributed by atoms with Gasteiger partial charge in [-0.2, -0.15) is 0 Å². The molecule has 0 bridgehead atoms. The molecule has 1 aromatic rings. The van der Waals surface area contributed by atoms with Crippen molar-refractivity contribution in [1.82, 2.24) is 0 Å². The SMILES string of the molecule is Cc1cc(C)cc(N(C)CCC(N)C(=O)O)c1. The van der Waals surface area contributed by atoms with Gasteiger partial charge in [0.05, 0.1) is 0 Å². The van der Waals surface area contributed by atoms with E-state index >= 15 is 0 Å². The van der Waals surface area contributed by atoms with Crippen molar-refractivity contribution in [3.05, 3.63) is 29.3 Å². The summed E-state index contributed by atoms with van der Waals surface area (Å²) in [5.41, 5.74) is 8.98. The van der Waals surface area contributed by atoms with Crippen LogP contribution in [0.1, 0.15) is 17.5 Å². The number of aryl methyl sites for hydroxylation is 2. The van der Waals surface area contributed by atoms with Gasteiger partial charge in [-0.1, -0.05) is 6.07 Å². The van der Waals surface area contributed by atoms with Crippen molar-refractivity contribution in [3.63, 3.8) is 0 Å². The number of rotatable bonds is 5. The molecule has 0 aliphatic heterocycles. The Hall–Kier alpha value is -1.55. The summed E-state index contributed by atoms with van der Waals surface area (Å²) in [5.74, 6) is -0.946. The Kier molecular flexibility index (Phi) is 4.52. The van der Waals surface area contributed by atoms with Crippen molar-refractivity contribution in [3.8, 4) is 0 Å². The Morgan fingerprint density at radius 3 is 2.35 bits per heavy atom. The van der Waals surface area contributed by atoms with Crippen LogP contribution in [0.3, 0.4) is 0 Å². The second-order valence-electron chi connectivity index (χ2n) is 4.50. The largest absolute Gasteiger partial charge is 0.480 e. The van der Waals surface area contributed by atoms with E-state index in [2.05, 4.69) is 18.2 Å². The fourth-order valence-electron chi connectivity index (χ4n) is 1.76. The van der Waals surface area contributed by atoms with E-state index in [0.29, 0.717) is 13.0 Å². The van der Waals surface area contributed by atoms with Gasteiger partial charge >= 0.3 is 5.97 Å². The summed E-state index contributed by atoms with van der Waals surface area (Å²) in [7, 11) is 1.95. The molecule has 1 atom stereocenters. The molecule has 0 saturated carbocycles. The molecule has 1 aromatic carbocycles. The number of anilines is 1. The fourth-order valence-corrected chi connectivity index (χ4v) is 1.76. The van der Waals surface area contributed by atoms with Gasteiger partial charge in [0.1, 0.15) is 6.04 Å². The Morgan fingerprint density at radius 2 is 1.88 bits per heavy atom. The standard InChI is InChI=1S/C13H20N2O2/c1-9-6-10(2)8-11(7-9)15(3)5-4-12(14)13(16)17/h6-8,12H,4-5,14H2,1-3H3,(H,16,17). The highest BCUT2D eigenvalue weighted by molar-refractivity contribution is 5.73. The molecule has 0 aliphatic carbocycles. The van der Waals surface area contributed by atoms with Crippen molar-refractivity contribution in [1.29, 1.82) is 0 Å². The first-order valence-electron chi connectivity index (χ1n) is 5.68. The first-order valence-corrected chi connectivity index (χ1v) is 5.68. The zero-order valence-electron chi connectivity index (χ0n) is 10.6. The van der Waals surface area contributed by atoms with Gasteiger partial charge < -0.3 is 15.7 Å². The number of aliphatic carboxylic acids is 1. The summed E-state index contributed by atoms with van der Waals surface area (Å²) >= 11 is 0. The number of carboxylic acids is 1. The Balaban J connectivity index is 2.63. The van der Waals surface area contributed by atoms with E-state index in [1.54, 1.807) is 0 Å². The summed E-state index contributed by atoms with van der Waals surface area (Å²) in [4.78, 5) is 12.6. The van der Waals surface area contributed by atoms with Crippen LogP contribution < -0.4 is 10.6 Å². The molecule has 17 heavy (non-hydrogen) atoms. The minimum atomic E-state index is -0.946. The molecular formula is C13H20N2O2. The van der Waals surface area contributed by atoms with Crippen LogP contribution in [0.15, 0.2) is 18.2 Å². The van der Waals surface area contributed by atoms with Crippen LogP contribution in [0, 0.1) is 13.8 Å². The molecule has 0 radical (unpaired) electrons. The molecule has 3 N–H and O–H groups in total. The first kappa shape index (κ1) is 13.5. The van der Waals surface area contributed by atoms with E-state index < -0.39 is 12.0 Å². The maximum atomic E-state index is 10.6. The highest BCUT2D eigenvalue weighted by atomic mass is 16.4. The van der Waals surface area contributed by atoms with E-state index in [1.165, 1.54) is 11.1 Å². The molecule has 1 unspecified atom stereocenters. The van der Waals surface area contributed by atoms with Crippen LogP contribution >= 0.6 is 0 Å². The quantitative estimate of drug-likeness (QED) is 0.814. The molecule has 0 saturated heterocycles. The van der Waals surface area contributed by atoms with Crippen molar-refractivity contribution >= 4 is 11.7 Å². The highest BCUT2D eigenvalue weighted by Gasteiger charge is 2.12. The minimum absolute atomic E-state index is 0.443. The summed E-state index contributed by atoms with van der Waals surface area (Å²) in [6.45, 7) is 4.73. The number of nitrogens with zero attached hydrogens (tertiary/aromatic N) is 1. The van der Waals surface area contributed by atoms with Crippen LogP contribution in [0.5, 0.6) is 0 Å². The van der Waals surface area contributed by atoms with E-state index in [4.69, 9.17) is 10.8 Å². The molecule has 0 aromatic heterocycles. The lowest BCUT2D eigenvalue weighted by atomic mass is 10.1. The van der Waals surface area contributed by atoms with Crippen LogP contribution in [0.4, 0.5) is 5.69 Å². The molecule has 94 valence electrons. The number of carbonyl (C=O) groups is 1. The second-order valence-corrected chi connectivity index (χ2v) is 4.50. The highest BCUT2D eigenvalue weighted by Crippen LogP contribution is 2.17. The minimum Gasteiger partial charge on any atom is -0.480 e. The van der Waals surface area contributed by atoms with Gasteiger partial charge in [-0.25, -0.2) is 0 Å². The van der Waals surface area contributed by atoms with E-state index in [9.17, 15) is 4.79 Å². The van der Waals surface area contributed by atoms with Crippen molar-refractivity contribution in [2.75, 3.05) is 18.5 Å². The third-order valence-corrected chi connectivity index (χ3v) is 2.74. The topological polar surface area (TPSA) is 66.6 Å². The zero-order chi connectivity index (χ0) is 13.0. The van der Waals surface area contributed by atoms with Crippen LogP contribution in [-0.2, 0) is 4.79 Å². The average molecular weight is 236 g/mol. The first-order chi connectivity index (χ1) is 7.90. The monoisotopic (exact) mass is 236 g/mol. The van der Waals surface area contributed by atoms with Crippen LogP contribution in [0.25, 0.3) is 0 Å². The van der Waals surface area contributed by atoms with E-state index in [0.717, 1.165) is 5.69 Å². The maximum Gasteiger partial charge on any atom is 0.320 e. The molecule has 0 spiro atoms. The van der Waals surface area contributed by atoms with Gasteiger partial charge in [-0.05, 0) is 43.5 Å². The lowest BCUT2D eigenvalue weighted by Gasteiger charge is -2.21. The van der Waals surface area contributed by atoms with Crippen molar-refractivity contribution < 1.29 is 9.90 Å². The average Bonchev–Trinajstić information content (AvgIpc) is 2.23. The molecule has 4 heteroatoms. The number of carboxylic acid groups (broad SMARTS) is 1. The lowest BCUT2D eigenvalue weighted by Crippen LogP contribution is -2.34. The summed E-state index contributed by atoms with van der Waals surface area (Å²) < 4.78 is 0. The zero-order valence-corrected chi connectivity index (χ0v) is 10.6. The number of hydrogen-bond acceptors (Lipinski definition) is 3. The van der Waals surface area contributed by atoms with E-state index in [-0.39, 0.29) is 0 Å². The smallest absolute Gasteiger partial charge is 0.320 e. The Labute approximate surface area is 102 Å². The van der Waals surface area contributed by atoms with Gasteiger partial charge in [-0.3, -0.25) is 4.79 Å². The van der Waals surface area contributed by atoms with Gasteiger partial charge in [0.25, 0.3) is 0 Å². The third-order valence-electron chi connectivity index (χ3n) is 2.74. The van der Waals surface area contributed by atoms with Crippen LogP contribution in [-0.4, -0.2) is 30.7 Å². The van der Waals surface area contributed by atoms with E-state index in [1.807, 2.05) is 25.8 Å². The molecule has 0 aliphatic rings. The molecular weight excluding hydrogens is 216 g/mol.